The molecule has 5 aromatic rings. The van der Waals surface area contributed by atoms with Crippen LogP contribution in [0.4, 0.5) is 0 Å². The number of fused-ring (bicyclic) bond motifs is 6. The number of hydrogen-bond acceptors (Lipinski definition) is 3. The van der Waals surface area contributed by atoms with E-state index in [-0.39, 0.29) is 0 Å². The topological polar surface area (TPSA) is 53.0 Å². The Hall–Kier alpha value is -3.14. The minimum absolute atomic E-state index is 0.508. The van der Waals surface area contributed by atoms with Crippen molar-refractivity contribution in [2.24, 2.45) is 0 Å². The van der Waals surface area contributed by atoms with Crippen LogP contribution in [-0.2, 0) is 4.74 Å². The monoisotopic (exact) mass is 350 g/mol. The summed E-state index contributed by atoms with van der Waals surface area (Å²) in [6, 6.07) is 21.1. The molecule has 3 nitrogen and oxygen atoms in total. The average Bonchev–Trinajstić information content (AvgIpc) is 3.51. The molecule has 0 bridgehead atoms. The molecule has 0 aromatic heterocycles. The highest BCUT2D eigenvalue weighted by Gasteiger charge is 2.46. The van der Waals surface area contributed by atoms with Gasteiger partial charge in [0.05, 0.1) is 0 Å². The molecule has 0 fully saturated rings. The zero-order valence-electron chi connectivity index (χ0n) is 14.2. The molecule has 0 unspecified atom stereocenters. The van der Waals surface area contributed by atoms with Gasteiger partial charge >= 0.3 is 0 Å². The standard InChI is InChI=1S/C24H14O3/c25-21-16-10-12-9-8-11-4-3-7-14-13-5-1-2-6-15(13)19(18(12)17(11)14)20(16)23-24(27-23)22(21)26/h1-10,21-22,25-26H/t21-,22+/m1/s1. The molecule has 1 heterocycles. The maximum Gasteiger partial charge on any atom is 0.179 e. The predicted octanol–water partition coefficient (Wildman–Crippen LogP) is 4.84. The van der Waals surface area contributed by atoms with Crippen molar-refractivity contribution in [3.05, 3.63) is 77.5 Å². The first kappa shape index (κ1) is 14.0. The Bertz CT molecular complexity index is 1480. The van der Waals surface area contributed by atoms with Crippen molar-refractivity contribution >= 4 is 48.8 Å². The van der Waals surface area contributed by atoms with Crippen LogP contribution in [0, 0.1) is 0 Å². The van der Waals surface area contributed by atoms with E-state index in [1.54, 1.807) is 0 Å². The van der Waals surface area contributed by atoms with E-state index in [9.17, 15) is 10.2 Å². The Morgan fingerprint density at radius 2 is 1.41 bits per heavy atom. The fourth-order valence-corrected chi connectivity index (χ4v) is 4.97. The fourth-order valence-electron chi connectivity index (χ4n) is 4.97. The van der Waals surface area contributed by atoms with Crippen LogP contribution in [0.5, 0.6) is 0 Å². The average molecular weight is 350 g/mol. The predicted molar refractivity (Wildman–Crippen MR) is 107 cm³/mol. The Kier molecular flexibility index (Phi) is 2.28. The lowest BCUT2D eigenvalue weighted by Gasteiger charge is -2.23. The van der Waals surface area contributed by atoms with Gasteiger partial charge in [0, 0.05) is 10.9 Å². The minimum atomic E-state index is -0.980. The van der Waals surface area contributed by atoms with Crippen LogP contribution in [0.3, 0.4) is 0 Å². The van der Waals surface area contributed by atoms with Crippen molar-refractivity contribution in [3.8, 4) is 0 Å². The summed E-state index contributed by atoms with van der Waals surface area (Å²) < 4.78 is 5.65. The second-order valence-corrected chi connectivity index (χ2v) is 7.51. The van der Waals surface area contributed by atoms with E-state index in [4.69, 9.17) is 4.74 Å². The molecule has 7 rings (SSSR count). The summed E-state index contributed by atoms with van der Waals surface area (Å²) in [6.45, 7) is 0. The minimum Gasteiger partial charge on any atom is -0.451 e. The Morgan fingerprint density at radius 1 is 0.667 bits per heavy atom. The lowest BCUT2D eigenvalue weighted by Crippen LogP contribution is -2.20. The summed E-state index contributed by atoms with van der Waals surface area (Å²) in [7, 11) is 0. The van der Waals surface area contributed by atoms with E-state index in [1.165, 1.54) is 26.9 Å². The van der Waals surface area contributed by atoms with E-state index in [1.807, 2.05) is 6.07 Å². The zero-order chi connectivity index (χ0) is 17.9. The highest BCUT2D eigenvalue weighted by Crippen LogP contribution is 2.54. The molecule has 1 aliphatic heterocycles. The van der Waals surface area contributed by atoms with Crippen LogP contribution in [0.25, 0.3) is 48.8 Å². The highest BCUT2D eigenvalue weighted by atomic mass is 16.6. The van der Waals surface area contributed by atoms with Crippen molar-refractivity contribution in [2.75, 3.05) is 0 Å². The van der Waals surface area contributed by atoms with Gasteiger partial charge in [-0.15, -0.1) is 0 Å². The molecule has 0 radical (unpaired) electrons. The molecule has 3 heteroatoms. The molecule has 2 atom stereocenters. The molecule has 5 aromatic carbocycles. The normalized spacial score (nSPS) is 21.1. The molecule has 2 N–H and O–H groups in total. The van der Waals surface area contributed by atoms with Gasteiger partial charge in [-0.1, -0.05) is 54.6 Å². The Balaban J connectivity index is 1.87. The van der Waals surface area contributed by atoms with E-state index in [0.29, 0.717) is 5.76 Å². The maximum absolute atomic E-state index is 10.7. The maximum atomic E-state index is 10.7. The number of aliphatic hydroxyl groups is 2. The first-order chi connectivity index (χ1) is 13.2. The number of hydrogen-bond donors (Lipinski definition) is 2. The third-order valence-electron chi connectivity index (χ3n) is 6.17. The Morgan fingerprint density at radius 3 is 2.30 bits per heavy atom. The zero-order valence-corrected chi connectivity index (χ0v) is 14.2. The van der Waals surface area contributed by atoms with Gasteiger partial charge in [0.1, 0.15) is 12.2 Å². The summed E-state index contributed by atoms with van der Waals surface area (Å²) >= 11 is 0. The smallest absolute Gasteiger partial charge is 0.179 e. The van der Waals surface area contributed by atoms with Gasteiger partial charge in [0.25, 0.3) is 0 Å². The van der Waals surface area contributed by atoms with Crippen molar-refractivity contribution in [2.45, 2.75) is 12.2 Å². The van der Waals surface area contributed by atoms with E-state index in [0.717, 1.165) is 33.0 Å². The van der Waals surface area contributed by atoms with Crippen LogP contribution < -0.4 is 0 Å². The van der Waals surface area contributed by atoms with Crippen LogP contribution in [-0.4, -0.2) is 16.3 Å². The van der Waals surface area contributed by atoms with Gasteiger partial charge < -0.3 is 14.9 Å². The van der Waals surface area contributed by atoms with Crippen LogP contribution in [0.2, 0.25) is 0 Å². The van der Waals surface area contributed by atoms with Crippen molar-refractivity contribution in [1.82, 2.24) is 0 Å². The van der Waals surface area contributed by atoms with E-state index in [2.05, 4.69) is 54.6 Å². The number of ether oxygens (including phenoxy) is 1. The molecular weight excluding hydrogens is 336 g/mol. The quantitative estimate of drug-likeness (QED) is 0.310. The second-order valence-electron chi connectivity index (χ2n) is 7.51. The lowest BCUT2D eigenvalue weighted by atomic mass is 9.82. The van der Waals surface area contributed by atoms with Crippen molar-refractivity contribution in [3.63, 3.8) is 0 Å². The van der Waals surface area contributed by atoms with E-state index < -0.39 is 12.2 Å². The van der Waals surface area contributed by atoms with Crippen molar-refractivity contribution in [1.29, 1.82) is 0 Å². The van der Waals surface area contributed by atoms with Gasteiger partial charge in [-0.25, -0.2) is 0 Å². The van der Waals surface area contributed by atoms with Gasteiger partial charge in [-0.2, -0.15) is 0 Å². The lowest BCUT2D eigenvalue weighted by molar-refractivity contribution is 0.0326. The van der Waals surface area contributed by atoms with Crippen LogP contribution in [0.1, 0.15) is 17.2 Å². The summed E-state index contributed by atoms with van der Waals surface area (Å²) in [4.78, 5) is 0. The third kappa shape index (κ3) is 1.52. The summed E-state index contributed by atoms with van der Waals surface area (Å²) in [5, 5.41) is 30.5. The second kappa shape index (κ2) is 4.39. The van der Waals surface area contributed by atoms with Crippen molar-refractivity contribution < 1.29 is 14.9 Å². The van der Waals surface area contributed by atoms with Gasteiger partial charge in [0.15, 0.2) is 11.5 Å². The number of benzene rings is 5. The molecule has 0 amide bonds. The first-order valence-electron chi connectivity index (χ1n) is 9.14. The summed E-state index contributed by atoms with van der Waals surface area (Å²) in [6.07, 6.45) is -1.95. The molecule has 0 saturated heterocycles. The SMILES string of the molecule is O[C@@H]1C2=C(O2)c2c(cc3ccc4cccc5c6ccccc6c2c3c45)[C@H]1O. The number of aliphatic hydroxyl groups excluding tert-OH is 2. The number of rotatable bonds is 0. The van der Waals surface area contributed by atoms with E-state index >= 15 is 0 Å². The Labute approximate surface area is 154 Å². The molecule has 0 spiro atoms. The molecular formula is C24H14O3. The molecule has 2 aliphatic rings. The molecule has 0 saturated carbocycles. The molecule has 128 valence electrons. The molecule has 1 aliphatic carbocycles. The third-order valence-corrected chi connectivity index (χ3v) is 6.17. The van der Waals surface area contributed by atoms with Gasteiger partial charge in [0.2, 0.25) is 0 Å². The van der Waals surface area contributed by atoms with Crippen LogP contribution >= 0.6 is 0 Å². The summed E-state index contributed by atoms with van der Waals surface area (Å²) in [5.41, 5.74) is 1.68. The van der Waals surface area contributed by atoms with Crippen LogP contribution in [0.15, 0.2) is 66.4 Å². The first-order valence-corrected chi connectivity index (χ1v) is 9.14. The molecule has 27 heavy (non-hydrogen) atoms. The summed E-state index contributed by atoms with van der Waals surface area (Å²) in [5.74, 6) is 1.24. The van der Waals surface area contributed by atoms with Gasteiger partial charge in [-0.05, 0) is 49.3 Å². The highest BCUT2D eigenvalue weighted by molar-refractivity contribution is 6.35. The van der Waals surface area contributed by atoms with Gasteiger partial charge in [-0.3, -0.25) is 0 Å². The fraction of sp³-hybridized carbons (Fsp3) is 0.0833. The largest absolute Gasteiger partial charge is 0.451 e.